The minimum absolute atomic E-state index is 0.0708. The van der Waals surface area contributed by atoms with E-state index in [-0.39, 0.29) is 31.1 Å². The highest BCUT2D eigenvalue weighted by Gasteiger charge is 2.19. The maximum atomic E-state index is 12.9. The monoisotopic (exact) mass is 1020 g/mol. The van der Waals surface area contributed by atoms with Crippen LogP contribution in [0.15, 0.2) is 36.5 Å². The number of hydrogen-bond donors (Lipinski definition) is 0. The Balaban J connectivity index is 4.25. The molecule has 1 unspecified atom stereocenters. The van der Waals surface area contributed by atoms with Crippen molar-refractivity contribution in [2.75, 3.05) is 13.2 Å². The van der Waals surface area contributed by atoms with Crippen molar-refractivity contribution in [1.29, 1.82) is 0 Å². The van der Waals surface area contributed by atoms with Gasteiger partial charge in [0.25, 0.3) is 0 Å². The van der Waals surface area contributed by atoms with Crippen LogP contribution in [0.5, 0.6) is 0 Å². The SMILES string of the molecule is CC/C=C\C/C=C\C/C=C\CCCCCCCCCC(=O)OC(COC(=O)CCCCCCCCCCCCCCCC)COC(=O)CCCCCCCCCCCCCCCCCCCCCCCCCC. The summed E-state index contributed by atoms with van der Waals surface area (Å²) in [5.41, 5.74) is 0. The first-order valence-electron chi connectivity index (χ1n) is 32.5. The van der Waals surface area contributed by atoms with Crippen LogP contribution in [0.2, 0.25) is 0 Å². The van der Waals surface area contributed by atoms with Gasteiger partial charge in [-0.1, -0.05) is 320 Å². The van der Waals surface area contributed by atoms with Gasteiger partial charge in [-0.15, -0.1) is 0 Å². The molecule has 0 fully saturated rings. The third-order valence-electron chi connectivity index (χ3n) is 14.7. The van der Waals surface area contributed by atoms with Crippen LogP contribution in [0.3, 0.4) is 0 Å². The molecule has 6 heteroatoms. The number of carbonyl (C=O) groups excluding carboxylic acids is 3. The number of unbranched alkanes of at least 4 members (excludes halogenated alkanes) is 43. The van der Waals surface area contributed by atoms with Crippen molar-refractivity contribution in [2.24, 2.45) is 0 Å². The topological polar surface area (TPSA) is 78.9 Å². The van der Waals surface area contributed by atoms with E-state index in [1.54, 1.807) is 0 Å². The predicted molar refractivity (Wildman–Crippen MR) is 316 cm³/mol. The number of ether oxygens (including phenoxy) is 3. The highest BCUT2D eigenvalue weighted by atomic mass is 16.6. The summed E-state index contributed by atoms with van der Waals surface area (Å²) in [6.45, 7) is 6.59. The minimum Gasteiger partial charge on any atom is -0.462 e. The van der Waals surface area contributed by atoms with Crippen molar-refractivity contribution in [3.05, 3.63) is 36.5 Å². The van der Waals surface area contributed by atoms with Gasteiger partial charge in [-0.3, -0.25) is 14.4 Å². The third-order valence-corrected chi connectivity index (χ3v) is 14.7. The molecule has 0 heterocycles. The first-order valence-corrected chi connectivity index (χ1v) is 32.5. The van der Waals surface area contributed by atoms with E-state index in [1.165, 1.54) is 231 Å². The highest BCUT2D eigenvalue weighted by molar-refractivity contribution is 5.71. The van der Waals surface area contributed by atoms with Gasteiger partial charge < -0.3 is 14.2 Å². The molecule has 0 aliphatic heterocycles. The fourth-order valence-electron chi connectivity index (χ4n) is 9.81. The van der Waals surface area contributed by atoms with Crippen LogP contribution in [0.4, 0.5) is 0 Å². The lowest BCUT2D eigenvalue weighted by Gasteiger charge is -2.18. The average molecular weight is 1030 g/mol. The van der Waals surface area contributed by atoms with Gasteiger partial charge in [0.15, 0.2) is 6.10 Å². The van der Waals surface area contributed by atoms with Crippen LogP contribution >= 0.6 is 0 Å². The van der Waals surface area contributed by atoms with Crippen LogP contribution in [-0.4, -0.2) is 37.2 Å². The van der Waals surface area contributed by atoms with E-state index in [9.17, 15) is 14.4 Å². The Labute approximate surface area is 455 Å². The van der Waals surface area contributed by atoms with Gasteiger partial charge in [0.05, 0.1) is 0 Å². The quantitative estimate of drug-likeness (QED) is 0.0261. The van der Waals surface area contributed by atoms with Crippen molar-refractivity contribution in [3.63, 3.8) is 0 Å². The summed E-state index contributed by atoms with van der Waals surface area (Å²) in [7, 11) is 0. The molecule has 0 aromatic heterocycles. The lowest BCUT2D eigenvalue weighted by atomic mass is 10.0. The molecule has 0 spiro atoms. The molecule has 0 aliphatic rings. The fraction of sp³-hybridized carbons (Fsp3) is 0.866. The molecule has 73 heavy (non-hydrogen) atoms. The Kier molecular flexibility index (Phi) is 60.2. The van der Waals surface area contributed by atoms with E-state index in [0.29, 0.717) is 19.3 Å². The van der Waals surface area contributed by atoms with E-state index in [0.717, 1.165) is 83.5 Å². The lowest BCUT2D eigenvalue weighted by molar-refractivity contribution is -0.167. The van der Waals surface area contributed by atoms with Crippen LogP contribution in [0.1, 0.15) is 355 Å². The zero-order valence-corrected chi connectivity index (χ0v) is 49.2. The molecule has 0 aliphatic carbocycles. The summed E-state index contributed by atoms with van der Waals surface area (Å²) >= 11 is 0. The molecule has 0 rings (SSSR count). The standard InChI is InChI=1S/C67H124O6/c1-4-7-10-13-16-19-22-25-28-30-31-32-33-34-35-36-38-39-42-45-48-51-54-57-60-66(69)72-63-64(62-71-65(68)59-56-53-50-47-44-41-27-24-21-18-15-12-9-6-3)73-67(70)61-58-55-52-49-46-43-40-37-29-26-23-20-17-14-11-8-5-2/h8,11,17,20,26,29,64H,4-7,9-10,12-16,18-19,21-25,27-28,30-63H2,1-3H3/b11-8-,20-17-,29-26-. The molecule has 0 N–H and O–H groups in total. The molecule has 0 aromatic rings. The molecular weight excluding hydrogens is 901 g/mol. The normalized spacial score (nSPS) is 12.2. The lowest BCUT2D eigenvalue weighted by Crippen LogP contribution is -2.30. The van der Waals surface area contributed by atoms with Crippen molar-refractivity contribution < 1.29 is 28.6 Å². The largest absolute Gasteiger partial charge is 0.462 e. The molecule has 0 aromatic carbocycles. The zero-order chi connectivity index (χ0) is 52.9. The number of esters is 3. The fourth-order valence-corrected chi connectivity index (χ4v) is 9.81. The molecule has 428 valence electrons. The summed E-state index contributed by atoms with van der Waals surface area (Å²) in [5.74, 6) is -0.855. The maximum absolute atomic E-state index is 12.9. The summed E-state index contributed by atoms with van der Waals surface area (Å²) < 4.78 is 16.9. The third kappa shape index (κ3) is 60.4. The van der Waals surface area contributed by atoms with Gasteiger partial charge in [-0.2, -0.15) is 0 Å². The van der Waals surface area contributed by atoms with E-state index >= 15 is 0 Å². The number of carbonyl (C=O) groups is 3. The van der Waals surface area contributed by atoms with Gasteiger partial charge in [0, 0.05) is 19.3 Å². The first-order chi connectivity index (χ1) is 36.0. The Morgan fingerprint density at radius 3 is 0.836 bits per heavy atom. The molecule has 0 saturated heterocycles. The van der Waals surface area contributed by atoms with Gasteiger partial charge in [-0.25, -0.2) is 0 Å². The summed E-state index contributed by atoms with van der Waals surface area (Å²) in [4.78, 5) is 38.3. The maximum Gasteiger partial charge on any atom is 0.306 e. The van der Waals surface area contributed by atoms with Gasteiger partial charge >= 0.3 is 17.9 Å². The molecule has 1 atom stereocenters. The van der Waals surface area contributed by atoms with Crippen molar-refractivity contribution in [1.82, 2.24) is 0 Å². The number of rotatable bonds is 60. The Morgan fingerprint density at radius 1 is 0.288 bits per heavy atom. The van der Waals surface area contributed by atoms with Crippen LogP contribution in [-0.2, 0) is 28.6 Å². The highest BCUT2D eigenvalue weighted by Crippen LogP contribution is 2.18. The zero-order valence-electron chi connectivity index (χ0n) is 49.2. The molecular formula is C67H124O6. The van der Waals surface area contributed by atoms with Gasteiger partial charge in [0.1, 0.15) is 13.2 Å². The summed E-state index contributed by atoms with van der Waals surface area (Å²) in [6.07, 6.45) is 75.9. The summed E-state index contributed by atoms with van der Waals surface area (Å²) in [6, 6.07) is 0. The number of hydrogen-bond acceptors (Lipinski definition) is 6. The Bertz CT molecular complexity index is 1220. The average Bonchev–Trinajstić information content (AvgIpc) is 3.39. The predicted octanol–water partition coefficient (Wildman–Crippen LogP) is 22.0. The Morgan fingerprint density at radius 2 is 0.534 bits per heavy atom. The van der Waals surface area contributed by atoms with Crippen molar-refractivity contribution >= 4 is 17.9 Å². The summed E-state index contributed by atoms with van der Waals surface area (Å²) in [5, 5.41) is 0. The van der Waals surface area contributed by atoms with Crippen LogP contribution in [0, 0.1) is 0 Å². The van der Waals surface area contributed by atoms with Gasteiger partial charge in [-0.05, 0) is 51.4 Å². The second-order valence-corrected chi connectivity index (χ2v) is 22.0. The van der Waals surface area contributed by atoms with E-state index in [2.05, 4.69) is 57.2 Å². The van der Waals surface area contributed by atoms with E-state index in [4.69, 9.17) is 14.2 Å². The van der Waals surface area contributed by atoms with Crippen molar-refractivity contribution in [3.8, 4) is 0 Å². The second kappa shape index (κ2) is 62.2. The first kappa shape index (κ1) is 70.6. The van der Waals surface area contributed by atoms with Gasteiger partial charge in [0.2, 0.25) is 0 Å². The molecule has 0 radical (unpaired) electrons. The van der Waals surface area contributed by atoms with E-state index in [1.807, 2.05) is 0 Å². The molecule has 6 nitrogen and oxygen atoms in total. The molecule has 0 saturated carbocycles. The smallest absolute Gasteiger partial charge is 0.306 e. The Hall–Kier alpha value is -2.37. The van der Waals surface area contributed by atoms with Crippen molar-refractivity contribution in [2.45, 2.75) is 361 Å². The second-order valence-electron chi connectivity index (χ2n) is 22.0. The van der Waals surface area contributed by atoms with E-state index < -0.39 is 6.10 Å². The van der Waals surface area contributed by atoms with Crippen LogP contribution < -0.4 is 0 Å². The number of allylic oxidation sites excluding steroid dienone is 6. The molecule has 0 bridgehead atoms. The van der Waals surface area contributed by atoms with Crippen LogP contribution in [0.25, 0.3) is 0 Å². The molecule has 0 amide bonds. The minimum atomic E-state index is -0.774.